The number of carbonyl (C=O) groups is 1. The summed E-state index contributed by atoms with van der Waals surface area (Å²) in [5.41, 5.74) is -1.94. The van der Waals surface area contributed by atoms with E-state index in [1.54, 1.807) is 27.7 Å². The molecule has 1 rings (SSSR count). The largest absolute Gasteiger partial charge is 0.508 e. The van der Waals surface area contributed by atoms with Crippen LogP contribution in [0.2, 0.25) is 0 Å². The summed E-state index contributed by atoms with van der Waals surface area (Å²) in [5, 5.41) is 31.3. The highest BCUT2D eigenvalue weighted by Crippen LogP contribution is 2.25. The maximum absolute atomic E-state index is 12.0. The van der Waals surface area contributed by atoms with Crippen molar-refractivity contribution in [1.29, 1.82) is 0 Å². The van der Waals surface area contributed by atoms with Gasteiger partial charge in [-0.25, -0.2) is 0 Å². The molecule has 1 amide bonds. The van der Waals surface area contributed by atoms with Crippen molar-refractivity contribution in [2.75, 3.05) is 0 Å². The molecule has 0 aliphatic rings. The number of rotatable bonds is 3. The molecule has 0 atom stereocenters. The molecule has 1 aromatic carbocycles. The van der Waals surface area contributed by atoms with Crippen molar-refractivity contribution in [3.63, 3.8) is 0 Å². The second-order valence-corrected chi connectivity index (χ2v) is 5.34. The van der Waals surface area contributed by atoms with E-state index in [0.717, 1.165) is 6.07 Å². The number of phenolic OH excluding ortho intramolecular Hbond substituents is 2. The van der Waals surface area contributed by atoms with Gasteiger partial charge in [-0.2, -0.15) is 0 Å². The number of phenols is 2. The van der Waals surface area contributed by atoms with Crippen molar-refractivity contribution in [1.82, 2.24) is 5.32 Å². The normalized spacial score (nSPS) is 12.3. The number of aromatic hydroxyl groups is 2. The van der Waals surface area contributed by atoms with Crippen LogP contribution < -0.4 is 5.32 Å². The molecule has 0 aliphatic heterocycles. The van der Waals surface area contributed by atoms with Gasteiger partial charge in [0.2, 0.25) is 0 Å². The molecule has 0 spiro atoms. The molecule has 0 unspecified atom stereocenters. The fourth-order valence-corrected chi connectivity index (χ4v) is 1.22. The predicted molar refractivity (Wildman–Crippen MR) is 67.6 cm³/mol. The number of hydrogen-bond acceptors (Lipinski definition) is 4. The van der Waals surface area contributed by atoms with Crippen LogP contribution in [0.5, 0.6) is 11.5 Å². The molecule has 18 heavy (non-hydrogen) atoms. The highest BCUT2D eigenvalue weighted by atomic mass is 16.3. The average Bonchev–Trinajstić information content (AvgIpc) is 2.14. The van der Waals surface area contributed by atoms with Crippen molar-refractivity contribution < 1.29 is 20.1 Å². The second-order valence-electron chi connectivity index (χ2n) is 5.34. The smallest absolute Gasteiger partial charge is 0.255 e. The van der Waals surface area contributed by atoms with Crippen LogP contribution in [0.3, 0.4) is 0 Å². The SMILES string of the molecule is CC(C)(O)C(C)(C)NC(=O)c1ccc(O)cc1O. The zero-order chi connectivity index (χ0) is 14.1. The van der Waals surface area contributed by atoms with Crippen LogP contribution in [-0.4, -0.2) is 32.4 Å². The lowest BCUT2D eigenvalue weighted by atomic mass is 9.85. The molecule has 0 aromatic heterocycles. The summed E-state index contributed by atoms with van der Waals surface area (Å²) in [7, 11) is 0. The summed E-state index contributed by atoms with van der Waals surface area (Å²) in [5.74, 6) is -0.940. The monoisotopic (exact) mass is 253 g/mol. The zero-order valence-electron chi connectivity index (χ0n) is 11.0. The van der Waals surface area contributed by atoms with Gasteiger partial charge >= 0.3 is 0 Å². The Balaban J connectivity index is 2.96. The van der Waals surface area contributed by atoms with Gasteiger partial charge < -0.3 is 20.6 Å². The molecule has 1 aromatic rings. The minimum absolute atomic E-state index is 0.0464. The summed E-state index contributed by atoms with van der Waals surface area (Å²) in [6.07, 6.45) is 0. The maximum atomic E-state index is 12.0. The number of carbonyl (C=O) groups excluding carboxylic acids is 1. The topological polar surface area (TPSA) is 89.8 Å². The first kappa shape index (κ1) is 14.3. The van der Waals surface area contributed by atoms with Crippen LogP contribution in [0.15, 0.2) is 18.2 Å². The summed E-state index contributed by atoms with van der Waals surface area (Å²) >= 11 is 0. The molecule has 0 radical (unpaired) electrons. The summed E-state index contributed by atoms with van der Waals surface area (Å²) in [6.45, 7) is 6.54. The lowest BCUT2D eigenvalue weighted by Gasteiger charge is -2.38. The van der Waals surface area contributed by atoms with E-state index in [4.69, 9.17) is 5.11 Å². The molecule has 0 saturated heterocycles. The molecule has 0 bridgehead atoms. The standard InChI is InChI=1S/C13H19NO4/c1-12(2,13(3,4)18)14-11(17)9-6-5-8(15)7-10(9)16/h5-7,15-16,18H,1-4H3,(H,14,17). The molecule has 0 aliphatic carbocycles. The van der Waals surface area contributed by atoms with Crippen LogP contribution >= 0.6 is 0 Å². The van der Waals surface area contributed by atoms with E-state index in [-0.39, 0.29) is 17.1 Å². The quantitative estimate of drug-likeness (QED) is 0.655. The van der Waals surface area contributed by atoms with Crippen molar-refractivity contribution in [3.8, 4) is 11.5 Å². The first-order chi connectivity index (χ1) is 8.04. The molecule has 4 N–H and O–H groups in total. The van der Waals surface area contributed by atoms with E-state index >= 15 is 0 Å². The third-order valence-corrected chi connectivity index (χ3v) is 3.18. The van der Waals surface area contributed by atoms with E-state index in [1.165, 1.54) is 12.1 Å². The molecule has 5 heteroatoms. The van der Waals surface area contributed by atoms with Crippen LogP contribution in [0.4, 0.5) is 0 Å². The fourth-order valence-electron chi connectivity index (χ4n) is 1.22. The predicted octanol–water partition coefficient (Wildman–Crippen LogP) is 1.38. The highest BCUT2D eigenvalue weighted by molar-refractivity contribution is 5.97. The van der Waals surface area contributed by atoms with Crippen molar-refractivity contribution in [2.24, 2.45) is 0 Å². The van der Waals surface area contributed by atoms with Crippen LogP contribution in [0, 0.1) is 0 Å². The number of benzene rings is 1. The molecule has 0 fully saturated rings. The van der Waals surface area contributed by atoms with E-state index in [9.17, 15) is 15.0 Å². The second kappa shape index (κ2) is 4.49. The minimum Gasteiger partial charge on any atom is -0.508 e. The number of hydrogen-bond donors (Lipinski definition) is 4. The Morgan fingerprint density at radius 2 is 1.72 bits per heavy atom. The first-order valence-corrected chi connectivity index (χ1v) is 5.61. The van der Waals surface area contributed by atoms with E-state index in [0.29, 0.717) is 0 Å². The molecule has 100 valence electrons. The maximum Gasteiger partial charge on any atom is 0.255 e. The fraction of sp³-hybridized carbons (Fsp3) is 0.462. The minimum atomic E-state index is -1.12. The first-order valence-electron chi connectivity index (χ1n) is 5.61. The summed E-state index contributed by atoms with van der Waals surface area (Å²) in [4.78, 5) is 12.0. The van der Waals surface area contributed by atoms with Gasteiger partial charge in [0.25, 0.3) is 5.91 Å². The highest BCUT2D eigenvalue weighted by Gasteiger charge is 2.36. The van der Waals surface area contributed by atoms with Gasteiger partial charge in [0.05, 0.1) is 16.7 Å². The van der Waals surface area contributed by atoms with Crippen LogP contribution in [0.1, 0.15) is 38.1 Å². The lowest BCUT2D eigenvalue weighted by molar-refractivity contribution is -0.00298. The van der Waals surface area contributed by atoms with E-state index in [2.05, 4.69) is 5.32 Å². The Morgan fingerprint density at radius 1 is 1.17 bits per heavy atom. The van der Waals surface area contributed by atoms with Gasteiger partial charge in [-0.3, -0.25) is 4.79 Å². The van der Waals surface area contributed by atoms with Crippen LogP contribution in [0.25, 0.3) is 0 Å². The Bertz CT molecular complexity index is 461. The summed E-state index contributed by atoms with van der Waals surface area (Å²) in [6, 6.07) is 3.72. The van der Waals surface area contributed by atoms with E-state index < -0.39 is 17.0 Å². The Labute approximate surface area is 106 Å². The lowest BCUT2D eigenvalue weighted by Crippen LogP contribution is -2.57. The number of amides is 1. The Morgan fingerprint density at radius 3 is 2.17 bits per heavy atom. The number of aliphatic hydroxyl groups is 1. The summed E-state index contributed by atoms with van der Waals surface area (Å²) < 4.78 is 0. The van der Waals surface area contributed by atoms with Gasteiger partial charge in [0.15, 0.2) is 0 Å². The molecule has 5 nitrogen and oxygen atoms in total. The van der Waals surface area contributed by atoms with Crippen molar-refractivity contribution in [2.45, 2.75) is 38.8 Å². The molecule has 0 heterocycles. The number of nitrogens with one attached hydrogen (secondary N) is 1. The molecule has 0 saturated carbocycles. The van der Waals surface area contributed by atoms with Gasteiger partial charge in [-0.05, 0) is 39.8 Å². The van der Waals surface area contributed by atoms with Gasteiger partial charge in [-0.1, -0.05) is 0 Å². The van der Waals surface area contributed by atoms with Gasteiger partial charge in [0.1, 0.15) is 11.5 Å². The van der Waals surface area contributed by atoms with Crippen molar-refractivity contribution in [3.05, 3.63) is 23.8 Å². The zero-order valence-corrected chi connectivity index (χ0v) is 11.0. The average molecular weight is 253 g/mol. The van der Waals surface area contributed by atoms with E-state index in [1.807, 2.05) is 0 Å². The third kappa shape index (κ3) is 2.92. The Hall–Kier alpha value is -1.75. The van der Waals surface area contributed by atoms with Gasteiger partial charge in [0, 0.05) is 6.07 Å². The molecular weight excluding hydrogens is 234 g/mol. The van der Waals surface area contributed by atoms with Crippen molar-refractivity contribution >= 4 is 5.91 Å². The molecular formula is C13H19NO4. The van der Waals surface area contributed by atoms with Gasteiger partial charge in [-0.15, -0.1) is 0 Å². The third-order valence-electron chi connectivity index (χ3n) is 3.18. The van der Waals surface area contributed by atoms with Crippen LogP contribution in [-0.2, 0) is 0 Å². The Kier molecular flexibility index (Phi) is 3.57.